The van der Waals surface area contributed by atoms with Gasteiger partial charge in [0.15, 0.2) is 0 Å². The average molecular weight is 288 g/mol. The molecule has 0 fully saturated rings. The summed E-state index contributed by atoms with van der Waals surface area (Å²) in [7, 11) is 0. The van der Waals surface area contributed by atoms with Crippen molar-refractivity contribution in [2.24, 2.45) is 5.84 Å². The van der Waals surface area contributed by atoms with Crippen molar-refractivity contribution in [1.82, 2.24) is 5.43 Å². The minimum atomic E-state index is 0.0833. The summed E-state index contributed by atoms with van der Waals surface area (Å²) in [5.41, 5.74) is 4.55. The van der Waals surface area contributed by atoms with E-state index in [1.54, 1.807) is 11.3 Å². The van der Waals surface area contributed by atoms with Gasteiger partial charge in [-0.1, -0.05) is 50.2 Å². The van der Waals surface area contributed by atoms with Crippen molar-refractivity contribution in [3.63, 3.8) is 0 Å². The normalized spacial score (nSPS) is 13.3. The van der Waals surface area contributed by atoms with E-state index in [-0.39, 0.29) is 11.5 Å². The molecular formula is C17H24N2S. The Labute approximate surface area is 126 Å². The molecule has 2 rings (SSSR count). The van der Waals surface area contributed by atoms with E-state index in [0.717, 1.165) is 19.3 Å². The predicted octanol–water partition coefficient (Wildman–Crippen LogP) is 3.88. The van der Waals surface area contributed by atoms with Crippen molar-refractivity contribution in [2.75, 3.05) is 0 Å². The van der Waals surface area contributed by atoms with Gasteiger partial charge in [0.25, 0.3) is 0 Å². The van der Waals surface area contributed by atoms with Crippen molar-refractivity contribution in [2.45, 2.75) is 44.6 Å². The third-order valence-corrected chi connectivity index (χ3v) is 5.36. The maximum absolute atomic E-state index is 5.92. The van der Waals surface area contributed by atoms with E-state index < -0.39 is 0 Å². The van der Waals surface area contributed by atoms with E-state index in [1.807, 2.05) is 0 Å². The first-order chi connectivity index (χ1) is 9.76. The van der Waals surface area contributed by atoms with Crippen LogP contribution in [0, 0.1) is 0 Å². The Morgan fingerprint density at radius 1 is 1.10 bits per heavy atom. The van der Waals surface area contributed by atoms with Gasteiger partial charge >= 0.3 is 0 Å². The number of nitrogens with one attached hydrogen (secondary N) is 1. The molecule has 0 amide bonds. The zero-order chi connectivity index (χ0) is 14.4. The minimum absolute atomic E-state index is 0.0833. The molecule has 0 aliphatic rings. The van der Waals surface area contributed by atoms with Gasteiger partial charge < -0.3 is 0 Å². The monoisotopic (exact) mass is 288 g/mol. The number of thiophene rings is 1. The molecule has 0 saturated carbocycles. The van der Waals surface area contributed by atoms with Gasteiger partial charge in [-0.3, -0.25) is 11.3 Å². The van der Waals surface area contributed by atoms with E-state index in [2.05, 4.69) is 67.1 Å². The molecule has 3 heteroatoms. The lowest BCUT2D eigenvalue weighted by Gasteiger charge is -2.40. The molecule has 0 aliphatic heterocycles. The lowest BCUT2D eigenvalue weighted by atomic mass is 9.69. The lowest BCUT2D eigenvalue weighted by Crippen LogP contribution is -2.52. The van der Waals surface area contributed by atoms with Crippen molar-refractivity contribution in [3.05, 3.63) is 58.3 Å². The highest BCUT2D eigenvalue weighted by Crippen LogP contribution is 2.36. The van der Waals surface area contributed by atoms with Gasteiger partial charge in [-0.05, 0) is 36.3 Å². The minimum Gasteiger partial charge on any atom is -0.271 e. The molecule has 2 aromatic rings. The Bertz CT molecular complexity index is 489. The predicted molar refractivity (Wildman–Crippen MR) is 87.8 cm³/mol. The number of hydrogen-bond acceptors (Lipinski definition) is 3. The fourth-order valence-corrected chi connectivity index (χ4v) is 3.92. The quantitative estimate of drug-likeness (QED) is 0.599. The molecule has 108 valence electrons. The Kier molecular flexibility index (Phi) is 5.35. The van der Waals surface area contributed by atoms with Gasteiger partial charge in [0.1, 0.15) is 0 Å². The maximum atomic E-state index is 5.92. The molecule has 1 heterocycles. The zero-order valence-electron chi connectivity index (χ0n) is 12.3. The second-order valence-electron chi connectivity index (χ2n) is 5.23. The van der Waals surface area contributed by atoms with Gasteiger partial charge in [0.05, 0.1) is 0 Å². The number of nitrogens with two attached hydrogens (primary N) is 1. The van der Waals surface area contributed by atoms with Crippen LogP contribution in [0.25, 0.3) is 0 Å². The summed E-state index contributed by atoms with van der Waals surface area (Å²) in [5, 5.41) is 2.13. The Hall–Kier alpha value is -1.16. The van der Waals surface area contributed by atoms with Crippen LogP contribution in [-0.4, -0.2) is 6.04 Å². The second-order valence-corrected chi connectivity index (χ2v) is 6.26. The molecule has 1 atom stereocenters. The summed E-state index contributed by atoms with van der Waals surface area (Å²) in [6.45, 7) is 4.52. The molecule has 1 aromatic heterocycles. The second kappa shape index (κ2) is 7.02. The van der Waals surface area contributed by atoms with E-state index in [0.29, 0.717) is 0 Å². The molecule has 20 heavy (non-hydrogen) atoms. The lowest BCUT2D eigenvalue weighted by molar-refractivity contribution is 0.271. The molecular weight excluding hydrogens is 264 g/mol. The number of hydrogen-bond donors (Lipinski definition) is 2. The van der Waals surface area contributed by atoms with Crippen LogP contribution in [-0.2, 0) is 11.8 Å². The third kappa shape index (κ3) is 2.95. The Morgan fingerprint density at radius 2 is 1.80 bits per heavy atom. The van der Waals surface area contributed by atoms with Gasteiger partial charge in [-0.25, -0.2) is 0 Å². The van der Waals surface area contributed by atoms with Gasteiger partial charge in [0, 0.05) is 16.3 Å². The van der Waals surface area contributed by atoms with Crippen LogP contribution in [0.4, 0.5) is 0 Å². The summed E-state index contributed by atoms with van der Waals surface area (Å²) in [4.78, 5) is 1.38. The summed E-state index contributed by atoms with van der Waals surface area (Å²) >= 11 is 1.80. The molecule has 0 spiro atoms. The SMILES string of the molecule is CCC(CC)(c1ccccc1)C(Cc1cccs1)NN. The number of hydrazine groups is 1. The average Bonchev–Trinajstić information content (AvgIpc) is 3.02. The highest BCUT2D eigenvalue weighted by Gasteiger charge is 2.36. The molecule has 2 nitrogen and oxygen atoms in total. The summed E-state index contributed by atoms with van der Waals surface area (Å²) in [6, 6.07) is 15.3. The fraction of sp³-hybridized carbons (Fsp3) is 0.412. The van der Waals surface area contributed by atoms with Crippen LogP contribution in [0.15, 0.2) is 47.8 Å². The largest absolute Gasteiger partial charge is 0.271 e. The molecule has 0 radical (unpaired) electrons. The Morgan fingerprint density at radius 3 is 2.30 bits per heavy atom. The van der Waals surface area contributed by atoms with Crippen LogP contribution < -0.4 is 11.3 Å². The van der Waals surface area contributed by atoms with Gasteiger partial charge in [-0.15, -0.1) is 11.3 Å². The van der Waals surface area contributed by atoms with Gasteiger partial charge in [0.2, 0.25) is 0 Å². The topological polar surface area (TPSA) is 38.0 Å². The van der Waals surface area contributed by atoms with Crippen LogP contribution in [0.2, 0.25) is 0 Å². The smallest absolute Gasteiger partial charge is 0.0355 e. The van der Waals surface area contributed by atoms with Gasteiger partial charge in [-0.2, -0.15) is 0 Å². The number of benzene rings is 1. The highest BCUT2D eigenvalue weighted by molar-refractivity contribution is 7.09. The molecule has 0 saturated heterocycles. The van der Waals surface area contributed by atoms with Crippen LogP contribution in [0.5, 0.6) is 0 Å². The molecule has 1 aromatic carbocycles. The van der Waals surface area contributed by atoms with E-state index in [1.165, 1.54) is 10.4 Å². The Balaban J connectivity index is 2.34. The molecule has 0 bridgehead atoms. The standard InChI is InChI=1S/C17H24N2S/c1-3-17(4-2,14-9-6-5-7-10-14)16(19-18)13-15-11-8-12-20-15/h5-12,16,19H,3-4,13,18H2,1-2H3. The summed E-state index contributed by atoms with van der Waals surface area (Å²) in [5.74, 6) is 5.92. The fourth-order valence-electron chi connectivity index (χ4n) is 3.17. The first-order valence-electron chi connectivity index (χ1n) is 7.30. The van der Waals surface area contributed by atoms with E-state index in [4.69, 9.17) is 5.84 Å². The van der Waals surface area contributed by atoms with Crippen molar-refractivity contribution < 1.29 is 0 Å². The summed E-state index contributed by atoms with van der Waals surface area (Å²) < 4.78 is 0. The van der Waals surface area contributed by atoms with E-state index in [9.17, 15) is 0 Å². The van der Waals surface area contributed by atoms with Crippen LogP contribution in [0.3, 0.4) is 0 Å². The van der Waals surface area contributed by atoms with Crippen LogP contribution in [0.1, 0.15) is 37.1 Å². The first kappa shape index (κ1) is 15.2. The molecule has 0 aliphatic carbocycles. The van der Waals surface area contributed by atoms with E-state index >= 15 is 0 Å². The summed E-state index contributed by atoms with van der Waals surface area (Å²) in [6.07, 6.45) is 3.13. The first-order valence-corrected chi connectivity index (χ1v) is 8.18. The highest BCUT2D eigenvalue weighted by atomic mass is 32.1. The number of rotatable bonds is 7. The zero-order valence-corrected chi connectivity index (χ0v) is 13.1. The molecule has 3 N–H and O–H groups in total. The van der Waals surface area contributed by atoms with Crippen molar-refractivity contribution in [3.8, 4) is 0 Å². The third-order valence-electron chi connectivity index (χ3n) is 4.46. The van der Waals surface area contributed by atoms with Crippen molar-refractivity contribution in [1.29, 1.82) is 0 Å². The molecule has 1 unspecified atom stereocenters. The van der Waals surface area contributed by atoms with Crippen molar-refractivity contribution >= 4 is 11.3 Å². The maximum Gasteiger partial charge on any atom is 0.0355 e. The van der Waals surface area contributed by atoms with Crippen LogP contribution >= 0.6 is 11.3 Å².